The first-order valence-electron chi connectivity index (χ1n) is 10.1. The Bertz CT molecular complexity index is 1120. The average Bonchev–Trinajstić information content (AvgIpc) is 2.67. The summed E-state index contributed by atoms with van der Waals surface area (Å²) in [4.78, 5) is 15.6. The molecule has 4 rings (SSSR count). The monoisotopic (exact) mass is 437 g/mol. The minimum absolute atomic E-state index is 0.111. The van der Waals surface area contributed by atoms with Gasteiger partial charge in [0, 0.05) is 21.7 Å². The van der Waals surface area contributed by atoms with Gasteiger partial charge in [0.2, 0.25) is 0 Å². The van der Waals surface area contributed by atoms with Crippen LogP contribution in [0.4, 0.5) is 5.69 Å². The van der Waals surface area contributed by atoms with Gasteiger partial charge in [-0.25, -0.2) is 0 Å². The van der Waals surface area contributed by atoms with Gasteiger partial charge in [0.15, 0.2) is 0 Å². The van der Waals surface area contributed by atoms with Gasteiger partial charge in [0.05, 0.1) is 10.6 Å². The molecule has 3 aromatic carbocycles. The molecule has 0 radical (unpaired) electrons. The average molecular weight is 438 g/mol. The van der Waals surface area contributed by atoms with Crippen molar-refractivity contribution in [2.75, 3.05) is 4.90 Å². The molecule has 0 spiro atoms. The lowest BCUT2D eigenvalue weighted by Crippen LogP contribution is -2.55. The second-order valence-corrected chi connectivity index (χ2v) is 9.81. The SMILES string of the molecule is Cc1ccc([C@@]2(C)CC(C)(C)N(C(=O)c3ccc(Cl)cc3Cl)c3ccccc32)cc1. The molecule has 1 amide bonds. The Morgan fingerprint density at radius 3 is 2.27 bits per heavy atom. The molecule has 154 valence electrons. The van der Waals surface area contributed by atoms with Gasteiger partial charge in [-0.3, -0.25) is 4.79 Å². The number of anilines is 1. The number of hydrogen-bond donors (Lipinski definition) is 0. The summed E-state index contributed by atoms with van der Waals surface area (Å²) in [6.45, 7) is 8.62. The number of aryl methyl sites for hydroxylation is 1. The highest BCUT2D eigenvalue weighted by Crippen LogP contribution is 2.50. The molecule has 0 saturated heterocycles. The number of amides is 1. The van der Waals surface area contributed by atoms with Crippen molar-refractivity contribution in [3.63, 3.8) is 0 Å². The van der Waals surface area contributed by atoms with E-state index in [1.807, 2.05) is 23.1 Å². The summed E-state index contributed by atoms with van der Waals surface area (Å²) in [6, 6.07) is 21.9. The molecule has 0 aliphatic carbocycles. The first kappa shape index (κ1) is 21.0. The van der Waals surface area contributed by atoms with Crippen LogP contribution in [0.2, 0.25) is 10.0 Å². The second kappa shape index (κ2) is 7.44. The Kier molecular flexibility index (Phi) is 5.20. The Balaban J connectivity index is 1.89. The first-order valence-corrected chi connectivity index (χ1v) is 10.9. The van der Waals surface area contributed by atoms with Gasteiger partial charge in [-0.15, -0.1) is 0 Å². The van der Waals surface area contributed by atoms with E-state index in [-0.39, 0.29) is 11.3 Å². The molecule has 1 heterocycles. The maximum absolute atomic E-state index is 13.7. The van der Waals surface area contributed by atoms with E-state index in [4.69, 9.17) is 23.2 Å². The molecule has 2 nitrogen and oxygen atoms in total. The largest absolute Gasteiger partial charge is 0.302 e. The van der Waals surface area contributed by atoms with Gasteiger partial charge >= 0.3 is 0 Å². The molecule has 0 saturated carbocycles. The lowest BCUT2D eigenvalue weighted by molar-refractivity contribution is 0.0949. The summed E-state index contributed by atoms with van der Waals surface area (Å²) in [7, 11) is 0. The normalized spacial score (nSPS) is 20.0. The molecule has 0 aromatic heterocycles. The third-order valence-corrected chi connectivity index (χ3v) is 6.73. The van der Waals surface area contributed by atoms with Gasteiger partial charge in [0.25, 0.3) is 5.91 Å². The molecule has 0 N–H and O–H groups in total. The third-order valence-electron chi connectivity index (χ3n) is 6.18. The van der Waals surface area contributed by atoms with Gasteiger partial charge in [-0.05, 0) is 62.6 Å². The van der Waals surface area contributed by atoms with Crippen molar-refractivity contribution in [3.8, 4) is 0 Å². The van der Waals surface area contributed by atoms with E-state index in [0.29, 0.717) is 15.6 Å². The van der Waals surface area contributed by atoms with Crippen molar-refractivity contribution in [2.24, 2.45) is 0 Å². The van der Waals surface area contributed by atoms with Gasteiger partial charge < -0.3 is 4.90 Å². The Labute approximate surface area is 188 Å². The van der Waals surface area contributed by atoms with E-state index < -0.39 is 5.54 Å². The van der Waals surface area contributed by atoms with Crippen LogP contribution in [-0.4, -0.2) is 11.4 Å². The van der Waals surface area contributed by atoms with E-state index >= 15 is 0 Å². The second-order valence-electron chi connectivity index (χ2n) is 8.97. The lowest BCUT2D eigenvalue weighted by Gasteiger charge is -2.51. The number of rotatable bonds is 2. The van der Waals surface area contributed by atoms with Crippen molar-refractivity contribution in [2.45, 2.75) is 45.1 Å². The fourth-order valence-corrected chi connectivity index (χ4v) is 5.34. The van der Waals surface area contributed by atoms with Crippen molar-refractivity contribution in [1.82, 2.24) is 0 Å². The van der Waals surface area contributed by atoms with Crippen LogP contribution in [0, 0.1) is 6.92 Å². The maximum atomic E-state index is 13.7. The van der Waals surface area contributed by atoms with Crippen LogP contribution in [0.15, 0.2) is 66.7 Å². The van der Waals surface area contributed by atoms with E-state index in [2.05, 4.69) is 58.0 Å². The smallest absolute Gasteiger partial charge is 0.260 e. The number of halogens is 2. The number of benzene rings is 3. The standard InChI is InChI=1S/C26H25Cl2NO/c1-17-9-11-18(12-10-17)26(4)16-25(2,3)29(23-8-6-5-7-21(23)26)24(30)20-14-13-19(27)15-22(20)28/h5-15H,16H2,1-4H3/t26-/m1/s1. The maximum Gasteiger partial charge on any atom is 0.260 e. The Morgan fingerprint density at radius 1 is 0.933 bits per heavy atom. The van der Waals surface area contributed by atoms with Crippen molar-refractivity contribution in [1.29, 1.82) is 0 Å². The summed E-state index contributed by atoms with van der Waals surface area (Å²) in [5.41, 5.74) is 4.38. The highest BCUT2D eigenvalue weighted by atomic mass is 35.5. The Morgan fingerprint density at radius 2 is 1.60 bits per heavy atom. The predicted molar refractivity (Wildman–Crippen MR) is 126 cm³/mol. The molecule has 30 heavy (non-hydrogen) atoms. The van der Waals surface area contributed by atoms with Crippen LogP contribution in [0.3, 0.4) is 0 Å². The molecule has 1 aliphatic rings. The summed E-state index contributed by atoms with van der Waals surface area (Å²) in [5, 5.41) is 0.884. The zero-order valence-electron chi connectivity index (χ0n) is 17.7. The molecule has 4 heteroatoms. The number of hydrogen-bond acceptors (Lipinski definition) is 1. The molecule has 3 aromatic rings. The molecule has 0 bridgehead atoms. The highest BCUT2D eigenvalue weighted by molar-refractivity contribution is 6.37. The molecular formula is C26H25Cl2NO. The van der Waals surface area contributed by atoms with Crippen LogP contribution < -0.4 is 4.90 Å². The first-order chi connectivity index (χ1) is 14.1. The van der Waals surface area contributed by atoms with Crippen LogP contribution >= 0.6 is 23.2 Å². The topological polar surface area (TPSA) is 20.3 Å². The van der Waals surface area contributed by atoms with E-state index in [9.17, 15) is 4.79 Å². The molecular weight excluding hydrogens is 413 g/mol. The Hall–Kier alpha value is -2.29. The summed E-state index contributed by atoms with van der Waals surface area (Å²) < 4.78 is 0. The van der Waals surface area contributed by atoms with Gasteiger partial charge in [-0.1, -0.05) is 78.2 Å². The molecule has 1 atom stereocenters. The van der Waals surface area contributed by atoms with Crippen LogP contribution in [0.25, 0.3) is 0 Å². The van der Waals surface area contributed by atoms with Gasteiger partial charge in [-0.2, -0.15) is 0 Å². The number of para-hydroxylation sites is 1. The van der Waals surface area contributed by atoms with Crippen molar-refractivity contribution >= 4 is 34.8 Å². The van der Waals surface area contributed by atoms with Crippen LogP contribution in [0.1, 0.15) is 54.2 Å². The fourth-order valence-electron chi connectivity index (χ4n) is 4.85. The number of nitrogens with zero attached hydrogens (tertiary/aromatic N) is 1. The minimum atomic E-state index is -0.423. The van der Waals surface area contributed by atoms with Crippen LogP contribution in [0.5, 0.6) is 0 Å². The highest BCUT2D eigenvalue weighted by Gasteiger charge is 2.48. The fraction of sp³-hybridized carbons (Fsp3) is 0.269. The lowest BCUT2D eigenvalue weighted by atomic mass is 9.65. The molecule has 0 fully saturated rings. The zero-order chi connectivity index (χ0) is 21.7. The van der Waals surface area contributed by atoms with Crippen molar-refractivity contribution < 1.29 is 4.79 Å². The number of carbonyl (C=O) groups excluding carboxylic acids is 1. The number of carbonyl (C=O) groups is 1. The molecule has 0 unspecified atom stereocenters. The van der Waals surface area contributed by atoms with Gasteiger partial charge in [0.1, 0.15) is 0 Å². The van der Waals surface area contributed by atoms with E-state index in [1.54, 1.807) is 18.2 Å². The minimum Gasteiger partial charge on any atom is -0.302 e. The van der Waals surface area contributed by atoms with E-state index in [0.717, 1.165) is 17.7 Å². The summed E-state index contributed by atoms with van der Waals surface area (Å²) in [6.07, 6.45) is 0.789. The summed E-state index contributed by atoms with van der Waals surface area (Å²) in [5.74, 6) is -0.111. The zero-order valence-corrected chi connectivity index (χ0v) is 19.2. The number of fused-ring (bicyclic) bond motifs is 1. The third kappa shape index (κ3) is 3.42. The van der Waals surface area contributed by atoms with Crippen LogP contribution in [-0.2, 0) is 5.41 Å². The predicted octanol–water partition coefficient (Wildman–Crippen LogP) is 7.44. The summed E-state index contributed by atoms with van der Waals surface area (Å²) >= 11 is 12.5. The molecule has 1 aliphatic heterocycles. The quantitative estimate of drug-likeness (QED) is 0.407. The van der Waals surface area contributed by atoms with Crippen molar-refractivity contribution in [3.05, 3.63) is 99.0 Å². The van der Waals surface area contributed by atoms with E-state index in [1.165, 1.54) is 11.1 Å².